The van der Waals surface area contributed by atoms with Crippen LogP contribution < -0.4 is 0 Å². The monoisotopic (exact) mass is 292 g/mol. The van der Waals surface area contributed by atoms with Crippen molar-refractivity contribution in [2.45, 2.75) is 12.4 Å². The summed E-state index contributed by atoms with van der Waals surface area (Å²) in [5, 5.41) is 0. The lowest BCUT2D eigenvalue weighted by Gasteiger charge is -2.39. The van der Waals surface area contributed by atoms with Gasteiger partial charge in [0.25, 0.3) is 0 Å². The molecule has 16 heavy (non-hydrogen) atoms. The zero-order valence-corrected chi connectivity index (χ0v) is 8.88. The molecular formula is C5H4ClF6O3P. The second kappa shape index (κ2) is 3.76. The molecule has 0 aromatic heterocycles. The van der Waals surface area contributed by atoms with E-state index in [1.54, 1.807) is 0 Å². The van der Waals surface area contributed by atoms with Gasteiger partial charge < -0.3 is 0 Å². The minimum absolute atomic E-state index is 1.87. The molecule has 0 saturated carbocycles. The molecule has 0 aliphatic carbocycles. The first-order chi connectivity index (χ1) is 6.91. The molecule has 0 spiro atoms. The molecule has 0 bridgehead atoms. The highest BCUT2D eigenvalue weighted by molar-refractivity contribution is 7.81. The maximum atomic E-state index is 12.3. The molecule has 96 valence electrons. The first-order valence-corrected chi connectivity index (χ1v) is 6.08. The Morgan fingerprint density at radius 1 is 1.00 bits per heavy atom. The second-order valence-corrected chi connectivity index (χ2v) is 5.67. The minimum atomic E-state index is -5.64. The summed E-state index contributed by atoms with van der Waals surface area (Å²) in [6, 6.07) is 0. The van der Waals surface area contributed by atoms with Crippen LogP contribution in [0.3, 0.4) is 0 Å². The van der Waals surface area contributed by atoms with E-state index in [0.717, 1.165) is 0 Å². The van der Waals surface area contributed by atoms with Gasteiger partial charge in [0.05, 0.1) is 13.2 Å². The van der Waals surface area contributed by atoms with Crippen molar-refractivity contribution in [3.8, 4) is 0 Å². The number of alkyl halides is 6. The lowest BCUT2D eigenvalue weighted by molar-refractivity contribution is -0.359. The quantitative estimate of drug-likeness (QED) is 0.506. The van der Waals surface area contributed by atoms with Gasteiger partial charge >= 0.3 is 19.3 Å². The highest BCUT2D eigenvalue weighted by Gasteiger charge is 2.73. The summed E-state index contributed by atoms with van der Waals surface area (Å²) in [7, 11) is 0. The Bertz CT molecular complexity index is 297. The van der Waals surface area contributed by atoms with Crippen LogP contribution >= 0.6 is 18.2 Å². The van der Waals surface area contributed by atoms with Crippen molar-refractivity contribution >= 4 is 18.2 Å². The Balaban J connectivity index is 3.07. The molecule has 0 atom stereocenters. The zero-order chi connectivity index (χ0) is 12.8. The van der Waals surface area contributed by atoms with Crippen LogP contribution in [0.15, 0.2) is 0 Å². The summed E-state index contributed by atoms with van der Waals surface area (Å²) < 4.78 is 92.3. The zero-order valence-electron chi connectivity index (χ0n) is 7.23. The molecule has 1 rings (SSSR count). The Kier molecular flexibility index (Phi) is 3.31. The molecule has 11 heteroatoms. The summed E-state index contributed by atoms with van der Waals surface area (Å²) in [4.78, 5) is 0. The fourth-order valence-electron chi connectivity index (χ4n) is 0.942. The third-order valence-corrected chi connectivity index (χ3v) is 3.48. The predicted octanol–water partition coefficient (Wildman–Crippen LogP) is 3.49. The van der Waals surface area contributed by atoms with E-state index in [2.05, 4.69) is 9.05 Å². The van der Waals surface area contributed by atoms with Crippen molar-refractivity contribution < 1.29 is 40.0 Å². The van der Waals surface area contributed by atoms with E-state index in [1.807, 2.05) is 0 Å². The van der Waals surface area contributed by atoms with E-state index in [1.165, 1.54) is 0 Å². The van der Waals surface area contributed by atoms with E-state index in [4.69, 9.17) is 11.2 Å². The standard InChI is InChI=1S/C5H4ClF6O3P/c6-16(13)14-1-3(2-15-16,4(7,8)9)5(10,11)12/h1-2H2. The molecule has 0 aromatic carbocycles. The number of halogens is 7. The van der Waals surface area contributed by atoms with Gasteiger partial charge in [0.2, 0.25) is 5.41 Å². The molecule has 1 fully saturated rings. The Morgan fingerprint density at radius 2 is 1.31 bits per heavy atom. The highest BCUT2D eigenvalue weighted by atomic mass is 35.7. The summed E-state index contributed by atoms with van der Waals surface area (Å²) in [5.74, 6) is 0. The summed E-state index contributed by atoms with van der Waals surface area (Å²) >= 11 is 4.88. The van der Waals surface area contributed by atoms with Crippen LogP contribution in [0.25, 0.3) is 0 Å². The average molecular weight is 292 g/mol. The van der Waals surface area contributed by atoms with Gasteiger partial charge in [0.1, 0.15) is 0 Å². The Morgan fingerprint density at radius 3 is 1.56 bits per heavy atom. The lowest BCUT2D eigenvalue weighted by atomic mass is 9.88. The third kappa shape index (κ3) is 2.32. The van der Waals surface area contributed by atoms with Crippen molar-refractivity contribution in [1.29, 1.82) is 0 Å². The maximum Gasteiger partial charge on any atom is 0.424 e. The van der Waals surface area contributed by atoms with Crippen molar-refractivity contribution in [3.05, 3.63) is 0 Å². The van der Waals surface area contributed by atoms with Gasteiger partial charge in [-0.25, -0.2) is 4.57 Å². The lowest BCUT2D eigenvalue weighted by Crippen LogP contribution is -2.57. The van der Waals surface area contributed by atoms with Gasteiger partial charge in [-0.1, -0.05) is 0 Å². The van der Waals surface area contributed by atoms with E-state index in [9.17, 15) is 30.9 Å². The summed E-state index contributed by atoms with van der Waals surface area (Å²) in [6.45, 7) is -8.08. The van der Waals surface area contributed by atoms with Gasteiger partial charge in [-0.05, 0) is 0 Å². The van der Waals surface area contributed by atoms with Crippen molar-refractivity contribution in [3.63, 3.8) is 0 Å². The molecular weight excluding hydrogens is 288 g/mol. The van der Waals surface area contributed by atoms with Gasteiger partial charge in [-0.2, -0.15) is 26.3 Å². The normalized spacial score (nSPS) is 25.4. The maximum absolute atomic E-state index is 12.3. The smallest absolute Gasteiger partial charge is 0.296 e. The van der Waals surface area contributed by atoms with Gasteiger partial charge in [0.15, 0.2) is 0 Å². The van der Waals surface area contributed by atoms with Gasteiger partial charge in [-0.15, -0.1) is 0 Å². The van der Waals surface area contributed by atoms with Gasteiger partial charge in [-0.3, -0.25) is 9.05 Å². The van der Waals surface area contributed by atoms with Crippen LogP contribution in [-0.2, 0) is 13.6 Å². The topological polar surface area (TPSA) is 35.5 Å². The van der Waals surface area contributed by atoms with Crippen molar-refractivity contribution in [2.75, 3.05) is 13.2 Å². The van der Waals surface area contributed by atoms with E-state index in [0.29, 0.717) is 0 Å². The molecule has 1 aliphatic rings. The summed E-state index contributed by atoms with van der Waals surface area (Å²) in [6.07, 6.45) is -11.3. The van der Waals surface area contributed by atoms with E-state index in [-0.39, 0.29) is 0 Å². The molecule has 1 saturated heterocycles. The number of hydrogen-bond donors (Lipinski definition) is 0. The highest BCUT2D eigenvalue weighted by Crippen LogP contribution is 2.63. The number of hydrogen-bond acceptors (Lipinski definition) is 3. The minimum Gasteiger partial charge on any atom is -0.296 e. The Hall–Kier alpha value is 0.0200. The van der Waals surface area contributed by atoms with Crippen LogP contribution in [0.4, 0.5) is 26.3 Å². The molecule has 0 amide bonds. The SMILES string of the molecule is O=P1(Cl)OCC(C(F)(F)F)(C(F)(F)F)CO1. The van der Waals surface area contributed by atoms with Crippen LogP contribution in [0.5, 0.6) is 0 Å². The first kappa shape index (κ1) is 14.1. The number of rotatable bonds is 0. The average Bonchev–Trinajstić information content (AvgIpc) is 1.98. The molecule has 1 aliphatic heterocycles. The molecule has 0 N–H and O–H groups in total. The third-order valence-electron chi connectivity index (χ3n) is 2.02. The molecule has 0 radical (unpaired) electrons. The molecule has 1 heterocycles. The fourth-order valence-corrected chi connectivity index (χ4v) is 2.06. The molecule has 0 unspecified atom stereocenters. The van der Waals surface area contributed by atoms with Crippen LogP contribution in [-0.4, -0.2) is 25.6 Å². The predicted molar refractivity (Wildman–Crippen MR) is 39.9 cm³/mol. The van der Waals surface area contributed by atoms with Crippen LogP contribution in [0.1, 0.15) is 0 Å². The second-order valence-electron chi connectivity index (χ2n) is 3.06. The molecule has 0 aromatic rings. The van der Waals surface area contributed by atoms with Crippen LogP contribution in [0.2, 0.25) is 0 Å². The van der Waals surface area contributed by atoms with E-state index < -0.39 is 37.9 Å². The Labute approximate surface area is 90.0 Å². The largest absolute Gasteiger partial charge is 0.424 e. The van der Waals surface area contributed by atoms with Crippen molar-refractivity contribution in [1.82, 2.24) is 0 Å². The summed E-state index contributed by atoms with van der Waals surface area (Å²) in [5.41, 5.74) is -4.19. The van der Waals surface area contributed by atoms with Crippen LogP contribution in [0, 0.1) is 5.41 Å². The van der Waals surface area contributed by atoms with Crippen molar-refractivity contribution in [2.24, 2.45) is 5.41 Å². The van der Waals surface area contributed by atoms with E-state index >= 15 is 0 Å². The first-order valence-electron chi connectivity index (χ1n) is 3.64. The fraction of sp³-hybridized carbons (Fsp3) is 1.00. The van der Waals surface area contributed by atoms with Gasteiger partial charge in [0, 0.05) is 11.2 Å². The molecule has 3 nitrogen and oxygen atoms in total.